The fourth-order valence-corrected chi connectivity index (χ4v) is 2.23. The van der Waals surface area contributed by atoms with E-state index in [0.29, 0.717) is 18.8 Å². The van der Waals surface area contributed by atoms with E-state index in [2.05, 4.69) is 10.3 Å². The standard InChI is InChI=1S/C13H13N3O/c1-16-8-10(9-4-2-3-5-11(9)16)12-13(17)15-7-6-14-12/h2-5,8H,6-7H2,1H3,(H,15,17). The monoisotopic (exact) mass is 227 g/mol. The maximum Gasteiger partial charge on any atom is 0.270 e. The number of aryl methyl sites for hydroxylation is 1. The molecule has 1 amide bonds. The molecule has 0 aliphatic carbocycles. The van der Waals surface area contributed by atoms with Gasteiger partial charge in [0, 0.05) is 36.3 Å². The number of fused-ring (bicyclic) bond motifs is 1. The summed E-state index contributed by atoms with van der Waals surface area (Å²) in [5, 5.41) is 3.90. The fourth-order valence-electron chi connectivity index (χ4n) is 2.23. The Morgan fingerprint density at radius 3 is 3.00 bits per heavy atom. The van der Waals surface area contributed by atoms with Crippen molar-refractivity contribution in [3.63, 3.8) is 0 Å². The van der Waals surface area contributed by atoms with E-state index in [9.17, 15) is 4.79 Å². The van der Waals surface area contributed by atoms with Crippen LogP contribution < -0.4 is 5.32 Å². The number of carbonyl (C=O) groups is 1. The lowest BCUT2D eigenvalue weighted by atomic mass is 10.1. The van der Waals surface area contributed by atoms with Gasteiger partial charge in [-0.3, -0.25) is 9.79 Å². The van der Waals surface area contributed by atoms with Crippen LogP contribution in [-0.2, 0) is 11.8 Å². The largest absolute Gasteiger partial charge is 0.350 e. The first-order valence-corrected chi connectivity index (χ1v) is 5.64. The molecule has 1 aromatic heterocycles. The molecule has 3 rings (SSSR count). The predicted molar refractivity (Wildman–Crippen MR) is 67.3 cm³/mol. The molecule has 0 unspecified atom stereocenters. The molecule has 1 aromatic carbocycles. The molecule has 86 valence electrons. The Hall–Kier alpha value is -2.10. The number of nitrogens with one attached hydrogen (secondary N) is 1. The van der Waals surface area contributed by atoms with Crippen LogP contribution in [0.5, 0.6) is 0 Å². The second-order valence-electron chi connectivity index (χ2n) is 4.16. The van der Waals surface area contributed by atoms with Gasteiger partial charge in [0.1, 0.15) is 5.71 Å². The van der Waals surface area contributed by atoms with Gasteiger partial charge in [0.15, 0.2) is 0 Å². The lowest BCUT2D eigenvalue weighted by Crippen LogP contribution is -2.37. The predicted octanol–water partition coefficient (Wildman–Crippen LogP) is 1.10. The number of benzene rings is 1. The molecule has 0 saturated heterocycles. The molecule has 2 heterocycles. The van der Waals surface area contributed by atoms with Crippen molar-refractivity contribution in [2.45, 2.75) is 0 Å². The van der Waals surface area contributed by atoms with Crippen LogP contribution in [0.4, 0.5) is 0 Å². The molecular formula is C13H13N3O. The van der Waals surface area contributed by atoms with Crippen molar-refractivity contribution in [3.8, 4) is 0 Å². The van der Waals surface area contributed by atoms with Crippen molar-refractivity contribution < 1.29 is 4.79 Å². The van der Waals surface area contributed by atoms with Crippen LogP contribution in [0, 0.1) is 0 Å². The molecule has 2 aromatic rings. The Morgan fingerprint density at radius 2 is 2.18 bits per heavy atom. The summed E-state index contributed by atoms with van der Waals surface area (Å²) in [6.07, 6.45) is 1.97. The van der Waals surface area contributed by atoms with Gasteiger partial charge >= 0.3 is 0 Å². The maximum atomic E-state index is 11.8. The molecule has 0 saturated carbocycles. The molecule has 1 aliphatic heterocycles. The Morgan fingerprint density at radius 1 is 1.35 bits per heavy atom. The highest BCUT2D eigenvalue weighted by atomic mass is 16.2. The van der Waals surface area contributed by atoms with Crippen molar-refractivity contribution in [1.29, 1.82) is 0 Å². The van der Waals surface area contributed by atoms with Gasteiger partial charge in [-0.2, -0.15) is 0 Å². The molecule has 0 bridgehead atoms. The average molecular weight is 227 g/mol. The molecule has 0 atom stereocenters. The molecule has 0 fully saturated rings. The van der Waals surface area contributed by atoms with E-state index in [1.54, 1.807) is 0 Å². The van der Waals surface area contributed by atoms with Gasteiger partial charge in [-0.1, -0.05) is 18.2 Å². The molecule has 1 aliphatic rings. The average Bonchev–Trinajstić information content (AvgIpc) is 2.68. The van der Waals surface area contributed by atoms with Gasteiger partial charge in [-0.05, 0) is 6.07 Å². The van der Waals surface area contributed by atoms with Crippen molar-refractivity contribution >= 4 is 22.5 Å². The maximum absolute atomic E-state index is 11.8. The van der Waals surface area contributed by atoms with Crippen molar-refractivity contribution in [3.05, 3.63) is 36.0 Å². The molecule has 4 nitrogen and oxygen atoms in total. The third-order valence-electron chi connectivity index (χ3n) is 3.03. The number of aromatic nitrogens is 1. The first-order valence-electron chi connectivity index (χ1n) is 5.64. The summed E-state index contributed by atoms with van der Waals surface area (Å²) in [7, 11) is 1.98. The highest BCUT2D eigenvalue weighted by Gasteiger charge is 2.20. The van der Waals surface area contributed by atoms with Crippen LogP contribution in [0.1, 0.15) is 5.56 Å². The van der Waals surface area contributed by atoms with Crippen molar-refractivity contribution in [1.82, 2.24) is 9.88 Å². The van der Waals surface area contributed by atoms with Gasteiger partial charge in [-0.15, -0.1) is 0 Å². The number of hydrogen-bond acceptors (Lipinski definition) is 2. The topological polar surface area (TPSA) is 46.4 Å². The second-order valence-corrected chi connectivity index (χ2v) is 4.16. The Kier molecular flexibility index (Phi) is 2.21. The SMILES string of the molecule is Cn1cc(C2=NCCNC2=O)c2ccccc21. The number of para-hydroxylation sites is 1. The first-order chi connectivity index (χ1) is 8.27. The van der Waals surface area contributed by atoms with E-state index >= 15 is 0 Å². The minimum absolute atomic E-state index is 0.0763. The van der Waals surface area contributed by atoms with Gasteiger partial charge in [-0.25, -0.2) is 0 Å². The normalized spacial score (nSPS) is 15.8. The van der Waals surface area contributed by atoms with E-state index in [1.807, 2.05) is 42.1 Å². The number of hydrogen-bond donors (Lipinski definition) is 1. The van der Waals surface area contributed by atoms with Crippen LogP contribution in [0.2, 0.25) is 0 Å². The zero-order valence-electron chi connectivity index (χ0n) is 9.60. The van der Waals surface area contributed by atoms with E-state index in [1.165, 1.54) is 0 Å². The van der Waals surface area contributed by atoms with Crippen molar-refractivity contribution in [2.24, 2.45) is 12.0 Å². The van der Waals surface area contributed by atoms with E-state index in [-0.39, 0.29) is 5.91 Å². The highest BCUT2D eigenvalue weighted by molar-refractivity contribution is 6.47. The number of aliphatic imine (C=N–C) groups is 1. The summed E-state index contributed by atoms with van der Waals surface area (Å²) in [4.78, 5) is 16.1. The molecule has 17 heavy (non-hydrogen) atoms. The van der Waals surface area contributed by atoms with Crippen LogP contribution >= 0.6 is 0 Å². The Bertz CT molecular complexity index is 625. The lowest BCUT2D eigenvalue weighted by Gasteiger charge is -2.11. The summed E-state index contributed by atoms with van der Waals surface area (Å²) in [5.74, 6) is -0.0763. The number of rotatable bonds is 1. The minimum atomic E-state index is -0.0763. The van der Waals surface area contributed by atoms with Crippen LogP contribution in [0.15, 0.2) is 35.5 Å². The van der Waals surface area contributed by atoms with E-state index in [4.69, 9.17) is 0 Å². The fraction of sp³-hybridized carbons (Fsp3) is 0.231. The zero-order valence-corrected chi connectivity index (χ0v) is 9.60. The van der Waals surface area contributed by atoms with Gasteiger partial charge in [0.2, 0.25) is 0 Å². The van der Waals surface area contributed by atoms with Crippen LogP contribution in [-0.4, -0.2) is 29.3 Å². The summed E-state index contributed by atoms with van der Waals surface area (Å²) in [6.45, 7) is 1.29. The summed E-state index contributed by atoms with van der Waals surface area (Å²) >= 11 is 0. The first kappa shape index (κ1) is 10.1. The smallest absolute Gasteiger partial charge is 0.270 e. The van der Waals surface area contributed by atoms with Gasteiger partial charge in [0.05, 0.1) is 6.54 Å². The van der Waals surface area contributed by atoms with Gasteiger partial charge in [0.25, 0.3) is 5.91 Å². The Balaban J connectivity index is 2.24. The molecule has 4 heteroatoms. The number of nitrogens with zero attached hydrogens (tertiary/aromatic N) is 2. The van der Waals surface area contributed by atoms with Crippen molar-refractivity contribution in [2.75, 3.05) is 13.1 Å². The second kappa shape index (κ2) is 3.73. The third kappa shape index (κ3) is 1.53. The molecule has 0 radical (unpaired) electrons. The minimum Gasteiger partial charge on any atom is -0.350 e. The zero-order chi connectivity index (χ0) is 11.8. The number of carbonyl (C=O) groups excluding carboxylic acids is 1. The molecule has 0 spiro atoms. The molecule has 1 N–H and O–H groups in total. The molecular weight excluding hydrogens is 214 g/mol. The van der Waals surface area contributed by atoms with Gasteiger partial charge < -0.3 is 9.88 Å². The Labute approximate surface area is 99.0 Å². The summed E-state index contributed by atoms with van der Waals surface area (Å²) in [5.41, 5.74) is 2.58. The quantitative estimate of drug-likeness (QED) is 0.779. The number of amides is 1. The lowest BCUT2D eigenvalue weighted by molar-refractivity contribution is -0.114. The summed E-state index contributed by atoms with van der Waals surface area (Å²) < 4.78 is 2.02. The van der Waals surface area contributed by atoms with Crippen LogP contribution in [0.3, 0.4) is 0 Å². The van der Waals surface area contributed by atoms with E-state index < -0.39 is 0 Å². The van der Waals surface area contributed by atoms with Crippen LogP contribution in [0.25, 0.3) is 10.9 Å². The summed E-state index contributed by atoms with van der Waals surface area (Å²) in [6, 6.07) is 8.04. The third-order valence-corrected chi connectivity index (χ3v) is 3.03. The highest BCUT2D eigenvalue weighted by Crippen LogP contribution is 2.21. The van der Waals surface area contributed by atoms with E-state index in [0.717, 1.165) is 16.5 Å².